The van der Waals surface area contributed by atoms with Gasteiger partial charge in [0, 0.05) is 6.42 Å². The highest BCUT2D eigenvalue weighted by atomic mass is 79.9. The number of carbonyl (C=O) groups is 1. The largest absolute Gasteiger partial charge is 0.294 e. The molecule has 5 heteroatoms. The number of carbonyl (C=O) groups excluding carboxylic acids is 1. The molecule has 0 spiro atoms. The number of nitriles is 1. The molecule has 0 fully saturated rings. The Balaban J connectivity index is 2.54. The lowest BCUT2D eigenvalue weighted by atomic mass is 9.75. The minimum Gasteiger partial charge on any atom is -0.294 e. The molecule has 4 nitrogen and oxygen atoms in total. The van der Waals surface area contributed by atoms with Crippen LogP contribution in [0.3, 0.4) is 0 Å². The molecule has 0 bridgehead atoms. The van der Waals surface area contributed by atoms with Gasteiger partial charge in [0.15, 0.2) is 5.78 Å². The molecule has 0 amide bonds. The molecule has 0 radical (unpaired) electrons. The van der Waals surface area contributed by atoms with Crippen LogP contribution in [0.5, 0.6) is 0 Å². The van der Waals surface area contributed by atoms with Crippen LogP contribution in [0.1, 0.15) is 53.3 Å². The lowest BCUT2D eigenvalue weighted by Crippen LogP contribution is -2.30. The summed E-state index contributed by atoms with van der Waals surface area (Å²) in [5.41, 5.74) is 2.33. The minimum absolute atomic E-state index is 0.0950. The molecular formula is C13H16BrN3O. The van der Waals surface area contributed by atoms with E-state index in [0.717, 1.165) is 17.0 Å². The Hall–Kier alpha value is -1.15. The van der Waals surface area contributed by atoms with Crippen LogP contribution in [0.4, 0.5) is 0 Å². The van der Waals surface area contributed by atoms with Crippen molar-refractivity contribution in [3.8, 4) is 6.07 Å². The quantitative estimate of drug-likeness (QED) is 0.788. The topological polar surface area (TPSA) is 58.7 Å². The van der Waals surface area contributed by atoms with Crippen LogP contribution in [-0.4, -0.2) is 15.6 Å². The van der Waals surface area contributed by atoms with Crippen LogP contribution < -0.4 is 0 Å². The Labute approximate surface area is 115 Å². The van der Waals surface area contributed by atoms with Crippen LogP contribution >= 0.6 is 15.9 Å². The second-order valence-electron chi connectivity index (χ2n) is 5.43. The Morgan fingerprint density at radius 3 is 2.89 bits per heavy atom. The predicted molar refractivity (Wildman–Crippen MR) is 71.6 cm³/mol. The zero-order chi connectivity index (χ0) is 13.5. The molecule has 96 valence electrons. The number of nitrogens with zero attached hydrogens (tertiary/aromatic N) is 3. The molecule has 0 N–H and O–H groups in total. The average Bonchev–Trinajstić information content (AvgIpc) is 2.60. The fourth-order valence-corrected chi connectivity index (χ4v) is 3.12. The summed E-state index contributed by atoms with van der Waals surface area (Å²) < 4.78 is 1.81. The molecule has 1 aromatic heterocycles. The van der Waals surface area contributed by atoms with Gasteiger partial charge in [-0.2, -0.15) is 10.4 Å². The van der Waals surface area contributed by atoms with Gasteiger partial charge in [0.2, 0.25) is 0 Å². The zero-order valence-corrected chi connectivity index (χ0v) is 12.4. The number of aromatic nitrogens is 2. The van der Waals surface area contributed by atoms with Gasteiger partial charge in [-0.15, -0.1) is 0 Å². The van der Waals surface area contributed by atoms with E-state index < -0.39 is 0 Å². The van der Waals surface area contributed by atoms with Gasteiger partial charge in [0.1, 0.15) is 0 Å². The maximum atomic E-state index is 12.2. The van der Waals surface area contributed by atoms with Crippen molar-refractivity contribution in [2.45, 2.75) is 45.0 Å². The van der Waals surface area contributed by atoms with Crippen molar-refractivity contribution in [1.29, 1.82) is 5.26 Å². The van der Waals surface area contributed by atoms with Crippen molar-refractivity contribution in [1.82, 2.24) is 9.78 Å². The highest BCUT2D eigenvalue weighted by Crippen LogP contribution is 2.49. The molecule has 0 saturated heterocycles. The third-order valence-electron chi connectivity index (χ3n) is 3.42. The van der Waals surface area contributed by atoms with Crippen LogP contribution in [-0.2, 0) is 6.54 Å². The molecule has 0 aromatic carbocycles. The first-order valence-electron chi connectivity index (χ1n) is 6.00. The maximum absolute atomic E-state index is 12.2. The zero-order valence-electron chi connectivity index (χ0n) is 10.8. The van der Waals surface area contributed by atoms with E-state index in [0.29, 0.717) is 19.4 Å². The summed E-state index contributed by atoms with van der Waals surface area (Å²) in [5, 5.41) is 13.1. The van der Waals surface area contributed by atoms with E-state index in [9.17, 15) is 4.79 Å². The number of ketones is 1. The van der Waals surface area contributed by atoms with Gasteiger partial charge >= 0.3 is 0 Å². The van der Waals surface area contributed by atoms with Crippen LogP contribution in [0.15, 0.2) is 0 Å². The Bertz CT molecular complexity index is 539. The smallest absolute Gasteiger partial charge is 0.167 e. The highest BCUT2D eigenvalue weighted by molar-refractivity contribution is 9.09. The summed E-state index contributed by atoms with van der Waals surface area (Å²) in [4.78, 5) is 12.3. The third kappa shape index (κ3) is 1.99. The maximum Gasteiger partial charge on any atom is 0.167 e. The highest BCUT2D eigenvalue weighted by Gasteiger charge is 2.42. The summed E-state index contributed by atoms with van der Waals surface area (Å²) in [6, 6.07) is 2.12. The fourth-order valence-electron chi connectivity index (χ4n) is 2.49. The Morgan fingerprint density at radius 2 is 2.28 bits per heavy atom. The van der Waals surface area contributed by atoms with Gasteiger partial charge in [0.25, 0.3) is 0 Å². The van der Waals surface area contributed by atoms with Crippen LogP contribution in [0.2, 0.25) is 0 Å². The molecule has 1 aliphatic carbocycles. The van der Waals surface area contributed by atoms with E-state index in [-0.39, 0.29) is 16.0 Å². The normalized spacial score (nSPS) is 21.5. The second-order valence-corrected chi connectivity index (χ2v) is 6.34. The fraction of sp³-hybridized carbons (Fsp3) is 0.615. The summed E-state index contributed by atoms with van der Waals surface area (Å²) in [6.45, 7) is 6.55. The summed E-state index contributed by atoms with van der Waals surface area (Å²) in [5.74, 6) is 0.159. The molecule has 18 heavy (non-hydrogen) atoms. The number of halogens is 1. The third-order valence-corrected chi connectivity index (χ3v) is 5.10. The monoisotopic (exact) mass is 309 g/mol. The molecule has 0 saturated carbocycles. The van der Waals surface area contributed by atoms with E-state index in [1.807, 2.05) is 11.6 Å². The first-order chi connectivity index (χ1) is 8.38. The number of hydrogen-bond donors (Lipinski definition) is 0. The number of hydrogen-bond acceptors (Lipinski definition) is 3. The SMILES string of the molecule is Cc1nn(CCC#N)c2c1C(=O)CC(C)(C)C2Br. The van der Waals surface area contributed by atoms with E-state index >= 15 is 0 Å². The number of aryl methyl sites for hydroxylation is 2. The number of Topliss-reactive ketones (excluding diaryl/α,β-unsaturated/α-hetero) is 1. The Kier molecular flexibility index (Phi) is 3.33. The number of fused-ring (bicyclic) bond motifs is 1. The van der Waals surface area contributed by atoms with Gasteiger partial charge in [-0.3, -0.25) is 9.48 Å². The lowest BCUT2D eigenvalue weighted by Gasteiger charge is -2.34. The van der Waals surface area contributed by atoms with Gasteiger partial charge in [-0.05, 0) is 12.3 Å². The van der Waals surface area contributed by atoms with Crippen molar-refractivity contribution in [2.75, 3.05) is 0 Å². The van der Waals surface area contributed by atoms with E-state index in [1.54, 1.807) is 0 Å². The molecule has 1 aromatic rings. The summed E-state index contributed by atoms with van der Waals surface area (Å²) >= 11 is 3.70. The first-order valence-corrected chi connectivity index (χ1v) is 6.91. The van der Waals surface area contributed by atoms with Crippen molar-refractivity contribution < 1.29 is 4.79 Å². The van der Waals surface area contributed by atoms with E-state index in [4.69, 9.17) is 5.26 Å². The molecule has 0 aliphatic heterocycles. The van der Waals surface area contributed by atoms with Crippen molar-refractivity contribution >= 4 is 21.7 Å². The van der Waals surface area contributed by atoms with Crippen molar-refractivity contribution in [3.05, 3.63) is 17.0 Å². The second kappa shape index (κ2) is 4.51. The standard InChI is InChI=1S/C13H16BrN3O/c1-8-10-9(18)7-13(2,3)12(14)11(10)17(16-8)6-4-5-15/h12H,4,6-7H2,1-3H3. The lowest BCUT2D eigenvalue weighted by molar-refractivity contribution is 0.0908. The van der Waals surface area contributed by atoms with E-state index in [2.05, 4.69) is 40.9 Å². The predicted octanol–water partition coefficient (Wildman–Crippen LogP) is 3.15. The van der Waals surface area contributed by atoms with E-state index in [1.165, 1.54) is 0 Å². The molecule has 1 atom stereocenters. The van der Waals surface area contributed by atoms with Crippen LogP contribution in [0.25, 0.3) is 0 Å². The van der Waals surface area contributed by atoms with Crippen LogP contribution in [0, 0.1) is 23.7 Å². The van der Waals surface area contributed by atoms with Gasteiger partial charge in [-0.1, -0.05) is 29.8 Å². The molecular weight excluding hydrogens is 294 g/mol. The molecule has 2 rings (SSSR count). The summed E-state index contributed by atoms with van der Waals surface area (Å²) in [6.07, 6.45) is 0.933. The minimum atomic E-state index is -0.124. The van der Waals surface area contributed by atoms with Crippen molar-refractivity contribution in [3.63, 3.8) is 0 Å². The Morgan fingerprint density at radius 1 is 1.61 bits per heavy atom. The molecule has 1 heterocycles. The molecule has 1 unspecified atom stereocenters. The summed E-state index contributed by atoms with van der Waals surface area (Å²) in [7, 11) is 0. The number of alkyl halides is 1. The van der Waals surface area contributed by atoms with Gasteiger partial charge in [-0.25, -0.2) is 0 Å². The first kappa shape index (κ1) is 13.3. The van der Waals surface area contributed by atoms with Crippen molar-refractivity contribution in [2.24, 2.45) is 5.41 Å². The average molecular weight is 310 g/mol. The van der Waals surface area contributed by atoms with Gasteiger partial charge in [0.05, 0.1) is 40.8 Å². The van der Waals surface area contributed by atoms with Gasteiger partial charge < -0.3 is 0 Å². The number of rotatable bonds is 2. The molecule has 1 aliphatic rings.